The molecular formula is C16H29N5. The number of nitrogens with zero attached hydrogens (tertiary/aromatic N) is 3. The number of rotatable bonds is 4. The molecule has 0 amide bonds. The Morgan fingerprint density at radius 3 is 2.57 bits per heavy atom. The summed E-state index contributed by atoms with van der Waals surface area (Å²) in [5.74, 6) is 0.770. The van der Waals surface area contributed by atoms with Gasteiger partial charge in [-0.3, -0.25) is 0 Å². The summed E-state index contributed by atoms with van der Waals surface area (Å²) in [7, 11) is 4.35. The van der Waals surface area contributed by atoms with Crippen molar-refractivity contribution in [2.45, 2.75) is 64.2 Å². The summed E-state index contributed by atoms with van der Waals surface area (Å²) >= 11 is 0. The van der Waals surface area contributed by atoms with E-state index in [0.717, 1.165) is 18.4 Å². The molecule has 1 fully saturated rings. The zero-order valence-electron chi connectivity index (χ0n) is 13.8. The molecule has 0 aromatic heterocycles. The van der Waals surface area contributed by atoms with Gasteiger partial charge in [0.2, 0.25) is 5.96 Å². The standard InChI is InChI=1S/C16H29N5/c1-5-10-17-16(20-15-11-12(2)18-15)19-13-6-8-14(9-7-13)21(3)4/h10-11,13-15,18H,5-9H2,1-4H3,(H,19,20)/b17-10-. The molecule has 2 rings (SSSR count). The number of aliphatic imine (C=N–C) groups is 2. The highest BCUT2D eigenvalue weighted by Gasteiger charge is 2.23. The van der Waals surface area contributed by atoms with E-state index in [1.165, 1.54) is 31.4 Å². The highest BCUT2D eigenvalue weighted by Crippen LogP contribution is 2.21. The van der Waals surface area contributed by atoms with Crippen molar-refractivity contribution in [2.75, 3.05) is 14.1 Å². The van der Waals surface area contributed by atoms with Crippen LogP contribution in [0.1, 0.15) is 46.0 Å². The Kier molecular flexibility index (Phi) is 5.79. The Balaban J connectivity index is 1.89. The Hall–Kier alpha value is -1.36. The van der Waals surface area contributed by atoms with Crippen LogP contribution in [-0.2, 0) is 0 Å². The minimum Gasteiger partial charge on any atom is -0.364 e. The van der Waals surface area contributed by atoms with Gasteiger partial charge in [-0.25, -0.2) is 9.98 Å². The van der Waals surface area contributed by atoms with E-state index in [9.17, 15) is 0 Å². The summed E-state index contributed by atoms with van der Waals surface area (Å²) in [4.78, 5) is 11.4. The first-order valence-electron chi connectivity index (χ1n) is 8.06. The molecule has 0 radical (unpaired) electrons. The number of guanidine groups is 1. The van der Waals surface area contributed by atoms with Gasteiger partial charge in [-0.1, -0.05) is 6.92 Å². The Bertz CT molecular complexity index is 416. The molecule has 21 heavy (non-hydrogen) atoms. The maximum absolute atomic E-state index is 4.63. The molecular weight excluding hydrogens is 262 g/mol. The lowest BCUT2D eigenvalue weighted by Gasteiger charge is -2.33. The second kappa shape index (κ2) is 7.59. The minimum atomic E-state index is 0.0830. The van der Waals surface area contributed by atoms with Gasteiger partial charge in [-0.2, -0.15) is 0 Å². The van der Waals surface area contributed by atoms with Gasteiger partial charge in [0.15, 0.2) is 0 Å². The highest BCUT2D eigenvalue weighted by atomic mass is 15.2. The molecule has 0 saturated heterocycles. The lowest BCUT2D eigenvalue weighted by atomic mass is 9.90. The normalized spacial score (nSPS) is 30.0. The second-order valence-corrected chi connectivity index (χ2v) is 6.22. The molecule has 0 aromatic carbocycles. The van der Waals surface area contributed by atoms with Crippen molar-refractivity contribution in [1.29, 1.82) is 0 Å². The molecule has 5 nitrogen and oxygen atoms in total. The average Bonchev–Trinajstić information content (AvgIpc) is 2.43. The molecule has 0 aromatic rings. The fraction of sp³-hybridized carbons (Fsp3) is 0.750. The van der Waals surface area contributed by atoms with Crippen LogP contribution in [-0.4, -0.2) is 49.4 Å². The summed E-state index contributed by atoms with van der Waals surface area (Å²) < 4.78 is 0. The van der Waals surface area contributed by atoms with Crippen LogP contribution in [0.15, 0.2) is 21.8 Å². The van der Waals surface area contributed by atoms with Crippen molar-refractivity contribution in [3.05, 3.63) is 11.8 Å². The zero-order valence-corrected chi connectivity index (χ0v) is 13.8. The quantitative estimate of drug-likeness (QED) is 0.616. The topological polar surface area (TPSA) is 52.0 Å². The molecule has 1 aliphatic heterocycles. The number of hydrogen-bond donors (Lipinski definition) is 2. The molecule has 118 valence electrons. The molecule has 1 aliphatic carbocycles. The van der Waals surface area contributed by atoms with Gasteiger partial charge in [-0.15, -0.1) is 0 Å². The van der Waals surface area contributed by atoms with E-state index in [1.54, 1.807) is 0 Å². The maximum atomic E-state index is 4.63. The number of hydrogen-bond acceptors (Lipinski definition) is 3. The van der Waals surface area contributed by atoms with E-state index in [-0.39, 0.29) is 6.17 Å². The zero-order chi connectivity index (χ0) is 15.2. The number of nitrogens with one attached hydrogen (secondary N) is 2. The van der Waals surface area contributed by atoms with E-state index in [1.807, 2.05) is 6.21 Å². The summed E-state index contributed by atoms with van der Waals surface area (Å²) in [6, 6.07) is 1.22. The van der Waals surface area contributed by atoms with Crippen molar-refractivity contribution in [3.63, 3.8) is 0 Å². The van der Waals surface area contributed by atoms with Crippen LogP contribution in [0.25, 0.3) is 0 Å². The molecule has 1 atom stereocenters. The van der Waals surface area contributed by atoms with Crippen molar-refractivity contribution in [2.24, 2.45) is 9.98 Å². The molecule has 0 spiro atoms. The van der Waals surface area contributed by atoms with Crippen LogP contribution in [0.5, 0.6) is 0 Å². The summed E-state index contributed by atoms with van der Waals surface area (Å²) in [5, 5.41) is 6.79. The van der Waals surface area contributed by atoms with Crippen molar-refractivity contribution < 1.29 is 0 Å². The number of allylic oxidation sites excluding steroid dienone is 1. The van der Waals surface area contributed by atoms with Gasteiger partial charge >= 0.3 is 0 Å². The summed E-state index contributed by atoms with van der Waals surface area (Å²) in [6.45, 7) is 4.14. The van der Waals surface area contributed by atoms with Crippen LogP contribution < -0.4 is 10.6 Å². The van der Waals surface area contributed by atoms with Crippen LogP contribution in [0.4, 0.5) is 0 Å². The molecule has 1 unspecified atom stereocenters. The minimum absolute atomic E-state index is 0.0830. The van der Waals surface area contributed by atoms with Crippen molar-refractivity contribution in [3.8, 4) is 0 Å². The fourth-order valence-corrected chi connectivity index (χ4v) is 2.87. The maximum Gasteiger partial charge on any atom is 0.220 e. The first-order chi connectivity index (χ1) is 10.1. The Labute approximate surface area is 128 Å². The molecule has 0 bridgehead atoms. The van der Waals surface area contributed by atoms with Crippen LogP contribution >= 0.6 is 0 Å². The largest absolute Gasteiger partial charge is 0.364 e. The third kappa shape index (κ3) is 4.84. The van der Waals surface area contributed by atoms with Crippen LogP contribution in [0, 0.1) is 0 Å². The van der Waals surface area contributed by atoms with Gasteiger partial charge in [0.05, 0.1) is 0 Å². The Morgan fingerprint density at radius 2 is 2.05 bits per heavy atom. The molecule has 2 aliphatic rings. The summed E-state index contributed by atoms with van der Waals surface area (Å²) in [6.07, 6.45) is 9.93. The second-order valence-electron chi connectivity index (χ2n) is 6.22. The summed E-state index contributed by atoms with van der Waals surface area (Å²) in [5.41, 5.74) is 1.19. The third-order valence-electron chi connectivity index (χ3n) is 4.20. The highest BCUT2D eigenvalue weighted by molar-refractivity contribution is 5.88. The van der Waals surface area contributed by atoms with Crippen molar-refractivity contribution >= 4 is 12.2 Å². The van der Waals surface area contributed by atoms with Gasteiger partial charge in [0, 0.05) is 24.0 Å². The predicted octanol–water partition coefficient (Wildman–Crippen LogP) is 2.12. The predicted molar refractivity (Wildman–Crippen MR) is 89.8 cm³/mol. The first kappa shape index (κ1) is 16.0. The van der Waals surface area contributed by atoms with Crippen LogP contribution in [0.3, 0.4) is 0 Å². The average molecular weight is 291 g/mol. The van der Waals surface area contributed by atoms with E-state index in [4.69, 9.17) is 0 Å². The van der Waals surface area contributed by atoms with Gasteiger partial charge in [-0.05, 0) is 59.2 Å². The first-order valence-corrected chi connectivity index (χ1v) is 8.06. The van der Waals surface area contributed by atoms with Gasteiger partial charge in [0.25, 0.3) is 0 Å². The van der Waals surface area contributed by atoms with E-state index >= 15 is 0 Å². The smallest absolute Gasteiger partial charge is 0.220 e. The van der Waals surface area contributed by atoms with Crippen molar-refractivity contribution in [1.82, 2.24) is 15.5 Å². The lowest BCUT2D eigenvalue weighted by molar-refractivity contribution is 0.211. The molecule has 2 N–H and O–H groups in total. The lowest BCUT2D eigenvalue weighted by Crippen LogP contribution is -2.43. The Morgan fingerprint density at radius 1 is 1.38 bits per heavy atom. The molecule has 5 heteroatoms. The van der Waals surface area contributed by atoms with E-state index < -0.39 is 0 Å². The molecule has 1 heterocycles. The van der Waals surface area contributed by atoms with Gasteiger partial charge in [0.1, 0.15) is 6.17 Å². The van der Waals surface area contributed by atoms with E-state index in [2.05, 4.69) is 59.5 Å². The third-order valence-corrected chi connectivity index (χ3v) is 4.20. The molecule has 1 saturated carbocycles. The van der Waals surface area contributed by atoms with Gasteiger partial charge < -0.3 is 15.5 Å². The van der Waals surface area contributed by atoms with Crippen LogP contribution in [0.2, 0.25) is 0 Å². The monoisotopic (exact) mass is 291 g/mol. The fourth-order valence-electron chi connectivity index (χ4n) is 2.87. The van der Waals surface area contributed by atoms with E-state index in [0.29, 0.717) is 6.04 Å². The SMILES string of the molecule is CC/C=N\C(=N/C1C=C(C)N1)NC1CCC(N(C)C)CC1.